The zero-order valence-electron chi connectivity index (χ0n) is 9.98. The van der Waals surface area contributed by atoms with Crippen LogP contribution in [0.1, 0.15) is 18.4 Å². The average Bonchev–Trinajstić information content (AvgIpc) is 2.79. The Morgan fingerprint density at radius 1 is 1.47 bits per heavy atom. The van der Waals surface area contributed by atoms with E-state index < -0.39 is 0 Å². The minimum absolute atomic E-state index is 0.121. The molecule has 0 radical (unpaired) electrons. The number of rotatable bonds is 3. The van der Waals surface area contributed by atoms with Crippen LogP contribution in [0.25, 0.3) is 0 Å². The fourth-order valence-corrected chi connectivity index (χ4v) is 2.35. The number of nitrogen functional groups attached to an aromatic ring is 1. The number of carbonyl (C=O) groups excluding carboxylic acids is 1. The van der Waals surface area contributed by atoms with Crippen LogP contribution >= 0.6 is 0 Å². The lowest BCUT2D eigenvalue weighted by Crippen LogP contribution is -2.24. The van der Waals surface area contributed by atoms with E-state index in [2.05, 4.69) is 5.32 Å². The van der Waals surface area contributed by atoms with Crippen LogP contribution in [0.2, 0.25) is 0 Å². The van der Waals surface area contributed by atoms with Gasteiger partial charge >= 0.3 is 5.97 Å². The van der Waals surface area contributed by atoms with Crippen LogP contribution in [0.3, 0.4) is 0 Å². The fourth-order valence-electron chi connectivity index (χ4n) is 2.35. The van der Waals surface area contributed by atoms with Crippen molar-refractivity contribution in [2.24, 2.45) is 5.92 Å². The van der Waals surface area contributed by atoms with Crippen molar-refractivity contribution >= 4 is 11.7 Å². The fraction of sp³-hybridized carbons (Fsp3) is 0.462. The molecule has 2 atom stereocenters. The van der Waals surface area contributed by atoms with Gasteiger partial charge in [-0.25, -0.2) is 0 Å². The largest absolute Gasteiger partial charge is 0.466 e. The summed E-state index contributed by atoms with van der Waals surface area (Å²) in [5, 5.41) is 3.23. The first-order chi connectivity index (χ1) is 8.24. The zero-order valence-corrected chi connectivity index (χ0v) is 9.98. The second-order valence-electron chi connectivity index (χ2n) is 4.25. The number of esters is 1. The molecule has 1 saturated heterocycles. The molecule has 2 unspecified atom stereocenters. The third-order valence-electron chi connectivity index (χ3n) is 3.20. The van der Waals surface area contributed by atoms with Crippen LogP contribution in [0.4, 0.5) is 5.69 Å². The maximum absolute atomic E-state index is 11.8. The van der Waals surface area contributed by atoms with Gasteiger partial charge < -0.3 is 15.8 Å². The third-order valence-corrected chi connectivity index (χ3v) is 3.20. The Bertz CT molecular complexity index is 406. The maximum Gasteiger partial charge on any atom is 0.310 e. The van der Waals surface area contributed by atoms with Crippen molar-refractivity contribution in [2.45, 2.75) is 12.8 Å². The molecule has 2 rings (SSSR count). The summed E-state index contributed by atoms with van der Waals surface area (Å²) in [6.07, 6.45) is 0. The predicted octanol–water partition coefficient (Wildman–Crippen LogP) is 1.13. The van der Waals surface area contributed by atoms with E-state index in [0.29, 0.717) is 13.2 Å². The van der Waals surface area contributed by atoms with Gasteiger partial charge in [0.2, 0.25) is 0 Å². The monoisotopic (exact) mass is 234 g/mol. The van der Waals surface area contributed by atoms with Crippen molar-refractivity contribution in [3.63, 3.8) is 0 Å². The minimum Gasteiger partial charge on any atom is -0.466 e. The van der Waals surface area contributed by atoms with Crippen molar-refractivity contribution in [1.82, 2.24) is 5.32 Å². The first-order valence-corrected chi connectivity index (χ1v) is 5.95. The molecule has 1 aliphatic heterocycles. The smallest absolute Gasteiger partial charge is 0.310 e. The number of benzene rings is 1. The van der Waals surface area contributed by atoms with Crippen LogP contribution in [-0.2, 0) is 9.53 Å². The van der Waals surface area contributed by atoms with Crippen molar-refractivity contribution in [1.29, 1.82) is 0 Å². The molecule has 0 aromatic heterocycles. The van der Waals surface area contributed by atoms with E-state index >= 15 is 0 Å². The Morgan fingerprint density at radius 2 is 2.24 bits per heavy atom. The molecule has 1 aliphatic rings. The number of nitrogens with one attached hydrogen (secondary N) is 1. The Labute approximate surface area is 101 Å². The molecule has 0 spiro atoms. The zero-order chi connectivity index (χ0) is 12.3. The number of hydrogen-bond donors (Lipinski definition) is 2. The second-order valence-corrected chi connectivity index (χ2v) is 4.25. The van der Waals surface area contributed by atoms with Gasteiger partial charge in [-0.15, -0.1) is 0 Å². The van der Waals surface area contributed by atoms with Crippen LogP contribution in [0.15, 0.2) is 24.3 Å². The first-order valence-electron chi connectivity index (χ1n) is 5.95. The summed E-state index contributed by atoms with van der Waals surface area (Å²) in [6, 6.07) is 7.71. The molecule has 17 heavy (non-hydrogen) atoms. The number of carbonyl (C=O) groups is 1. The van der Waals surface area contributed by atoms with Gasteiger partial charge in [0.25, 0.3) is 0 Å². The maximum atomic E-state index is 11.8. The SMILES string of the molecule is CCOC(=O)C1CNCC1c1ccccc1N. The molecule has 1 heterocycles. The summed E-state index contributed by atoms with van der Waals surface area (Å²) in [7, 11) is 0. The predicted molar refractivity (Wildman–Crippen MR) is 66.6 cm³/mol. The van der Waals surface area contributed by atoms with E-state index in [-0.39, 0.29) is 17.8 Å². The number of hydrogen-bond acceptors (Lipinski definition) is 4. The van der Waals surface area contributed by atoms with Gasteiger partial charge in [-0.05, 0) is 18.6 Å². The van der Waals surface area contributed by atoms with Gasteiger partial charge in [-0.2, -0.15) is 0 Å². The highest BCUT2D eigenvalue weighted by atomic mass is 16.5. The van der Waals surface area contributed by atoms with Crippen LogP contribution < -0.4 is 11.1 Å². The molecule has 3 N–H and O–H groups in total. The molecule has 0 amide bonds. The molecule has 0 aliphatic carbocycles. The third kappa shape index (κ3) is 2.42. The van der Waals surface area contributed by atoms with Gasteiger partial charge in [0.1, 0.15) is 0 Å². The van der Waals surface area contributed by atoms with E-state index in [1.54, 1.807) is 0 Å². The second kappa shape index (κ2) is 5.19. The number of nitrogens with two attached hydrogens (primary N) is 1. The Kier molecular flexibility index (Phi) is 3.64. The summed E-state index contributed by atoms with van der Waals surface area (Å²) in [5.74, 6) is -0.138. The van der Waals surface area contributed by atoms with Crippen molar-refractivity contribution in [3.8, 4) is 0 Å². The van der Waals surface area contributed by atoms with Crippen LogP contribution in [0, 0.1) is 5.92 Å². The average molecular weight is 234 g/mol. The van der Waals surface area contributed by atoms with Crippen molar-refractivity contribution < 1.29 is 9.53 Å². The lowest BCUT2D eigenvalue weighted by Gasteiger charge is -2.18. The number of ether oxygens (including phenoxy) is 1. The Balaban J connectivity index is 2.20. The van der Waals surface area contributed by atoms with Gasteiger partial charge in [0.05, 0.1) is 12.5 Å². The standard InChI is InChI=1S/C13H18N2O2/c1-2-17-13(16)11-8-15-7-10(11)9-5-3-4-6-12(9)14/h3-6,10-11,15H,2,7-8,14H2,1H3. The number of anilines is 1. The summed E-state index contributed by atoms with van der Waals surface area (Å²) >= 11 is 0. The molecule has 1 aromatic rings. The molecule has 4 heteroatoms. The van der Waals surface area contributed by atoms with Gasteiger partial charge in [0, 0.05) is 24.7 Å². The quantitative estimate of drug-likeness (QED) is 0.608. The highest BCUT2D eigenvalue weighted by Crippen LogP contribution is 2.32. The van der Waals surface area contributed by atoms with E-state index in [4.69, 9.17) is 10.5 Å². The van der Waals surface area contributed by atoms with E-state index in [9.17, 15) is 4.79 Å². The van der Waals surface area contributed by atoms with E-state index in [0.717, 1.165) is 17.8 Å². The highest BCUT2D eigenvalue weighted by Gasteiger charge is 2.35. The molecule has 1 fully saturated rings. The number of para-hydroxylation sites is 1. The summed E-state index contributed by atoms with van der Waals surface area (Å²) in [5.41, 5.74) is 7.74. The van der Waals surface area contributed by atoms with E-state index in [1.807, 2.05) is 31.2 Å². The molecular weight excluding hydrogens is 216 g/mol. The molecule has 4 nitrogen and oxygen atoms in total. The normalized spacial score (nSPS) is 23.6. The van der Waals surface area contributed by atoms with Crippen molar-refractivity contribution in [3.05, 3.63) is 29.8 Å². The molecule has 92 valence electrons. The molecule has 0 saturated carbocycles. The first kappa shape index (κ1) is 11.9. The van der Waals surface area contributed by atoms with Crippen molar-refractivity contribution in [2.75, 3.05) is 25.4 Å². The van der Waals surface area contributed by atoms with Gasteiger partial charge in [-0.3, -0.25) is 4.79 Å². The molecular formula is C13H18N2O2. The van der Waals surface area contributed by atoms with Gasteiger partial charge in [0.15, 0.2) is 0 Å². The highest BCUT2D eigenvalue weighted by molar-refractivity contribution is 5.75. The molecule has 0 bridgehead atoms. The summed E-state index contributed by atoms with van der Waals surface area (Å²) in [4.78, 5) is 11.8. The van der Waals surface area contributed by atoms with Gasteiger partial charge in [-0.1, -0.05) is 18.2 Å². The van der Waals surface area contributed by atoms with Crippen LogP contribution in [0.5, 0.6) is 0 Å². The lowest BCUT2D eigenvalue weighted by atomic mass is 9.88. The van der Waals surface area contributed by atoms with E-state index in [1.165, 1.54) is 0 Å². The Morgan fingerprint density at radius 3 is 2.94 bits per heavy atom. The topological polar surface area (TPSA) is 64.3 Å². The molecule has 1 aromatic carbocycles. The Hall–Kier alpha value is -1.55. The van der Waals surface area contributed by atoms with Crippen LogP contribution in [-0.4, -0.2) is 25.7 Å². The lowest BCUT2D eigenvalue weighted by molar-refractivity contribution is -0.147. The summed E-state index contributed by atoms with van der Waals surface area (Å²) in [6.45, 7) is 3.69. The minimum atomic E-state index is -0.134. The summed E-state index contributed by atoms with van der Waals surface area (Å²) < 4.78 is 5.10.